The maximum atomic E-state index is 7.30. The summed E-state index contributed by atoms with van der Waals surface area (Å²) in [6.07, 6.45) is 10.8. The zero-order valence-electron chi connectivity index (χ0n) is 10.3. The fourth-order valence-electron chi connectivity index (χ4n) is 2.59. The topological polar surface area (TPSA) is 49.9 Å². The second-order valence-electron chi connectivity index (χ2n) is 5.10. The molecule has 2 nitrogen and oxygen atoms in total. The molecule has 15 heavy (non-hydrogen) atoms. The third-order valence-corrected chi connectivity index (χ3v) is 4.04. The summed E-state index contributed by atoms with van der Waals surface area (Å²) >= 11 is 0. The van der Waals surface area contributed by atoms with Crippen LogP contribution in [-0.4, -0.2) is 11.8 Å². The van der Waals surface area contributed by atoms with Gasteiger partial charge < -0.3 is 11.1 Å². The van der Waals surface area contributed by atoms with E-state index in [1.165, 1.54) is 51.2 Å². The van der Waals surface area contributed by atoms with Crippen molar-refractivity contribution < 1.29 is 0 Å². The van der Waals surface area contributed by atoms with Gasteiger partial charge in [0.15, 0.2) is 0 Å². The molecule has 1 rings (SSSR count). The Morgan fingerprint density at radius 1 is 1.20 bits per heavy atom. The van der Waals surface area contributed by atoms with E-state index in [4.69, 9.17) is 11.1 Å². The normalized spacial score (nSPS) is 34.1. The van der Waals surface area contributed by atoms with Crippen molar-refractivity contribution in [1.82, 2.24) is 0 Å². The smallest absolute Gasteiger partial charge is 0.0567 e. The van der Waals surface area contributed by atoms with Gasteiger partial charge in [-0.25, -0.2) is 0 Å². The highest BCUT2D eigenvalue weighted by Gasteiger charge is 2.57. The molecule has 1 saturated carbocycles. The average Bonchev–Trinajstić information content (AvgIpc) is 2.76. The molecule has 0 saturated heterocycles. The van der Waals surface area contributed by atoms with Crippen LogP contribution in [0.4, 0.5) is 0 Å². The SMILES string of the molecule is CCCCCCCCC1C(C)[C@@]1(N)C=N. The molecule has 0 aromatic rings. The lowest BCUT2D eigenvalue weighted by atomic mass is 10.1. The van der Waals surface area contributed by atoms with E-state index >= 15 is 0 Å². The Morgan fingerprint density at radius 3 is 2.33 bits per heavy atom. The van der Waals surface area contributed by atoms with Gasteiger partial charge in [-0.2, -0.15) is 0 Å². The molecule has 3 atom stereocenters. The first-order chi connectivity index (χ1) is 7.16. The van der Waals surface area contributed by atoms with E-state index in [-0.39, 0.29) is 5.54 Å². The summed E-state index contributed by atoms with van der Waals surface area (Å²) in [6, 6.07) is 0. The third-order valence-electron chi connectivity index (χ3n) is 4.04. The molecule has 0 bridgehead atoms. The molecule has 1 aliphatic rings. The van der Waals surface area contributed by atoms with E-state index in [0.717, 1.165) is 0 Å². The highest BCUT2D eigenvalue weighted by atomic mass is 14.9. The van der Waals surface area contributed by atoms with Crippen molar-refractivity contribution in [2.45, 2.75) is 64.3 Å². The number of unbranched alkanes of at least 4 members (excludes halogenated alkanes) is 5. The fourth-order valence-corrected chi connectivity index (χ4v) is 2.59. The molecule has 0 aliphatic heterocycles. The van der Waals surface area contributed by atoms with E-state index in [1.54, 1.807) is 0 Å². The molecule has 3 N–H and O–H groups in total. The van der Waals surface area contributed by atoms with Crippen molar-refractivity contribution in [1.29, 1.82) is 5.41 Å². The molecule has 1 aliphatic carbocycles. The maximum Gasteiger partial charge on any atom is 0.0567 e. The Hall–Kier alpha value is -0.370. The number of nitrogens with one attached hydrogen (secondary N) is 1. The van der Waals surface area contributed by atoms with Crippen LogP contribution in [0.25, 0.3) is 0 Å². The minimum atomic E-state index is -0.247. The van der Waals surface area contributed by atoms with Gasteiger partial charge in [-0.05, 0) is 18.3 Å². The summed E-state index contributed by atoms with van der Waals surface area (Å²) in [7, 11) is 0. The molecule has 2 unspecified atom stereocenters. The molecule has 0 amide bonds. The molecule has 1 fully saturated rings. The first-order valence-electron chi connectivity index (χ1n) is 6.47. The molecule has 0 heterocycles. The van der Waals surface area contributed by atoms with Crippen LogP contribution in [0.3, 0.4) is 0 Å². The van der Waals surface area contributed by atoms with Gasteiger partial charge in [-0.3, -0.25) is 0 Å². The maximum absolute atomic E-state index is 7.30. The molecular formula is C13H26N2. The number of nitrogens with two attached hydrogens (primary N) is 1. The lowest BCUT2D eigenvalue weighted by Gasteiger charge is -2.03. The largest absolute Gasteiger partial charge is 0.320 e. The van der Waals surface area contributed by atoms with Gasteiger partial charge >= 0.3 is 0 Å². The Balaban J connectivity index is 2.00. The van der Waals surface area contributed by atoms with Crippen LogP contribution in [-0.2, 0) is 0 Å². The predicted octanol–water partition coefficient (Wildman–Crippen LogP) is 3.35. The average molecular weight is 210 g/mol. The van der Waals surface area contributed by atoms with Crippen LogP contribution < -0.4 is 5.73 Å². The minimum absolute atomic E-state index is 0.247. The Bertz CT molecular complexity index is 203. The zero-order chi connectivity index (χ0) is 11.3. The molecule has 0 aromatic carbocycles. The number of rotatable bonds is 8. The Kier molecular flexibility index (Phi) is 4.78. The van der Waals surface area contributed by atoms with Crippen molar-refractivity contribution in [3.05, 3.63) is 0 Å². The summed E-state index contributed by atoms with van der Waals surface area (Å²) in [5.41, 5.74) is 5.81. The zero-order valence-corrected chi connectivity index (χ0v) is 10.3. The quantitative estimate of drug-likeness (QED) is 0.468. The summed E-state index contributed by atoms with van der Waals surface area (Å²) < 4.78 is 0. The monoisotopic (exact) mass is 210 g/mol. The first kappa shape index (κ1) is 12.7. The van der Waals surface area contributed by atoms with E-state index in [2.05, 4.69) is 13.8 Å². The Labute approximate surface area is 94.1 Å². The number of hydrogen-bond donors (Lipinski definition) is 2. The van der Waals surface area contributed by atoms with Gasteiger partial charge in [-0.15, -0.1) is 0 Å². The second-order valence-corrected chi connectivity index (χ2v) is 5.10. The fraction of sp³-hybridized carbons (Fsp3) is 0.923. The lowest BCUT2D eigenvalue weighted by molar-refractivity contribution is 0.547. The van der Waals surface area contributed by atoms with Crippen molar-refractivity contribution in [2.75, 3.05) is 0 Å². The van der Waals surface area contributed by atoms with Gasteiger partial charge in [0.25, 0.3) is 0 Å². The van der Waals surface area contributed by atoms with Crippen molar-refractivity contribution in [3.63, 3.8) is 0 Å². The standard InChI is InChI=1S/C13H26N2/c1-3-4-5-6-7-8-9-12-11(2)13(12,15)10-14/h10-12,14H,3-9,15H2,1-2H3/t11?,12?,13-/m0/s1. The molecule has 0 aromatic heterocycles. The van der Waals surface area contributed by atoms with Gasteiger partial charge in [-0.1, -0.05) is 52.4 Å². The summed E-state index contributed by atoms with van der Waals surface area (Å²) in [5.74, 6) is 1.12. The minimum Gasteiger partial charge on any atom is -0.320 e. The van der Waals surface area contributed by atoms with E-state index in [9.17, 15) is 0 Å². The molecule has 88 valence electrons. The van der Waals surface area contributed by atoms with Crippen LogP contribution in [0.2, 0.25) is 0 Å². The van der Waals surface area contributed by atoms with Crippen LogP contribution >= 0.6 is 0 Å². The first-order valence-corrected chi connectivity index (χ1v) is 6.47. The Morgan fingerprint density at radius 2 is 1.80 bits per heavy atom. The van der Waals surface area contributed by atoms with Crippen molar-refractivity contribution >= 4 is 6.21 Å². The van der Waals surface area contributed by atoms with Gasteiger partial charge in [0, 0.05) is 6.21 Å². The highest BCUT2D eigenvalue weighted by molar-refractivity contribution is 5.73. The number of hydrogen-bond acceptors (Lipinski definition) is 2. The summed E-state index contributed by atoms with van der Waals surface area (Å²) in [5, 5.41) is 7.30. The van der Waals surface area contributed by atoms with Crippen molar-refractivity contribution in [3.8, 4) is 0 Å². The molecule has 0 radical (unpaired) electrons. The highest BCUT2D eigenvalue weighted by Crippen LogP contribution is 2.49. The molecule has 2 heteroatoms. The second kappa shape index (κ2) is 5.64. The van der Waals surface area contributed by atoms with E-state index in [0.29, 0.717) is 11.8 Å². The van der Waals surface area contributed by atoms with E-state index in [1.807, 2.05) is 0 Å². The summed E-state index contributed by atoms with van der Waals surface area (Å²) in [6.45, 7) is 4.42. The van der Waals surface area contributed by atoms with Crippen LogP contribution in [0.5, 0.6) is 0 Å². The van der Waals surface area contributed by atoms with Gasteiger partial charge in [0.1, 0.15) is 0 Å². The predicted molar refractivity (Wildman–Crippen MR) is 66.3 cm³/mol. The third kappa shape index (κ3) is 3.04. The van der Waals surface area contributed by atoms with Crippen LogP contribution in [0.15, 0.2) is 0 Å². The van der Waals surface area contributed by atoms with Crippen LogP contribution in [0, 0.1) is 17.2 Å². The van der Waals surface area contributed by atoms with Crippen molar-refractivity contribution in [2.24, 2.45) is 17.6 Å². The van der Waals surface area contributed by atoms with Crippen LogP contribution in [0.1, 0.15) is 58.8 Å². The van der Waals surface area contributed by atoms with Gasteiger partial charge in [0.2, 0.25) is 0 Å². The molecular weight excluding hydrogens is 184 g/mol. The summed E-state index contributed by atoms with van der Waals surface area (Å²) in [4.78, 5) is 0. The van der Waals surface area contributed by atoms with Gasteiger partial charge in [0.05, 0.1) is 5.54 Å². The van der Waals surface area contributed by atoms with E-state index < -0.39 is 0 Å². The molecule has 0 spiro atoms. The lowest BCUT2D eigenvalue weighted by Crippen LogP contribution is -2.27.